The molecular formula is C11H18O5PS+. The molecule has 0 aliphatic heterocycles. The summed E-state index contributed by atoms with van der Waals surface area (Å²) in [5.74, 6) is 0. The van der Waals surface area contributed by atoms with Crippen molar-refractivity contribution in [2.24, 2.45) is 0 Å². The molecule has 5 nitrogen and oxygen atoms in total. The lowest BCUT2D eigenvalue weighted by atomic mass is 10.3. The standard InChI is InChI=1S/C11H16O2S.HO3P/c1-3-10(4-2)14(12,13)11-8-6-5-7-9-11;1-4(2)3/h5-10H,3-4H2,1-2H3;(H-,1,2,3)/p+1. The molecule has 0 aliphatic rings. The molecule has 0 aromatic heterocycles. The first-order chi connectivity index (χ1) is 8.36. The summed E-state index contributed by atoms with van der Waals surface area (Å²) in [6.07, 6.45) is 1.35. The van der Waals surface area contributed by atoms with E-state index in [1.54, 1.807) is 24.3 Å². The molecule has 2 N–H and O–H groups in total. The van der Waals surface area contributed by atoms with E-state index < -0.39 is 18.1 Å². The van der Waals surface area contributed by atoms with Crippen LogP contribution < -0.4 is 0 Å². The lowest BCUT2D eigenvalue weighted by Gasteiger charge is -2.13. The Kier molecular flexibility index (Phi) is 7.95. The van der Waals surface area contributed by atoms with Gasteiger partial charge in [-0.25, -0.2) is 8.42 Å². The van der Waals surface area contributed by atoms with Gasteiger partial charge in [-0.05, 0) is 25.0 Å². The zero-order chi connectivity index (χ0) is 14.2. The summed E-state index contributed by atoms with van der Waals surface area (Å²) < 4.78 is 32.7. The van der Waals surface area contributed by atoms with Crippen LogP contribution in [0.2, 0.25) is 0 Å². The van der Waals surface area contributed by atoms with Crippen molar-refractivity contribution in [2.45, 2.75) is 36.8 Å². The summed E-state index contributed by atoms with van der Waals surface area (Å²) in [5, 5.41) is -0.245. The van der Waals surface area contributed by atoms with Gasteiger partial charge in [-0.3, -0.25) is 0 Å². The molecular weight excluding hydrogens is 275 g/mol. The molecule has 0 fully saturated rings. The maximum atomic E-state index is 12.0. The predicted octanol–water partition coefficient (Wildman–Crippen LogP) is 2.28. The SMILES string of the molecule is CCC(CC)S(=O)(=O)c1ccccc1.O=[P+](O)O. The molecule has 0 aliphatic carbocycles. The van der Waals surface area contributed by atoms with E-state index in [0.717, 1.165) is 0 Å². The van der Waals surface area contributed by atoms with Gasteiger partial charge < -0.3 is 0 Å². The van der Waals surface area contributed by atoms with Crippen LogP contribution in [-0.2, 0) is 14.4 Å². The van der Waals surface area contributed by atoms with Gasteiger partial charge in [-0.1, -0.05) is 32.0 Å². The average Bonchev–Trinajstić information content (AvgIpc) is 2.30. The predicted molar refractivity (Wildman–Crippen MR) is 70.0 cm³/mol. The number of hydrogen-bond donors (Lipinski definition) is 2. The summed E-state index contributed by atoms with van der Waals surface area (Å²) in [5.41, 5.74) is 0. The molecule has 0 heterocycles. The Hall–Kier alpha value is -0.810. The fourth-order valence-electron chi connectivity index (χ4n) is 1.53. The zero-order valence-electron chi connectivity index (χ0n) is 10.4. The normalized spacial score (nSPS) is 10.7. The first kappa shape index (κ1) is 17.2. The zero-order valence-corrected chi connectivity index (χ0v) is 12.1. The van der Waals surface area contributed by atoms with Crippen LogP contribution in [0.4, 0.5) is 0 Å². The molecule has 0 spiro atoms. The van der Waals surface area contributed by atoms with Crippen molar-refractivity contribution in [3.8, 4) is 0 Å². The second kappa shape index (κ2) is 8.32. The van der Waals surface area contributed by atoms with E-state index in [0.29, 0.717) is 17.7 Å². The molecule has 1 rings (SSSR count). The molecule has 0 bridgehead atoms. The monoisotopic (exact) mass is 293 g/mol. The van der Waals surface area contributed by atoms with E-state index >= 15 is 0 Å². The van der Waals surface area contributed by atoms with Gasteiger partial charge in [0.2, 0.25) is 0 Å². The molecule has 0 atom stereocenters. The van der Waals surface area contributed by atoms with Gasteiger partial charge in [-0.15, -0.1) is 9.79 Å². The molecule has 1 aromatic rings. The Labute approximate surface area is 108 Å². The second-order valence-electron chi connectivity index (χ2n) is 3.55. The molecule has 1 aromatic carbocycles. The maximum Gasteiger partial charge on any atom is 0.692 e. The summed E-state index contributed by atoms with van der Waals surface area (Å²) in [4.78, 5) is 14.7. The quantitative estimate of drug-likeness (QED) is 0.831. The molecule has 0 saturated carbocycles. The van der Waals surface area contributed by atoms with E-state index in [9.17, 15) is 8.42 Å². The minimum Gasteiger partial charge on any atom is -0.223 e. The van der Waals surface area contributed by atoms with Crippen LogP contribution >= 0.6 is 8.25 Å². The molecule has 7 heteroatoms. The van der Waals surface area contributed by atoms with E-state index in [1.165, 1.54) is 0 Å². The van der Waals surface area contributed by atoms with E-state index in [2.05, 4.69) is 0 Å². The largest absolute Gasteiger partial charge is 0.692 e. The van der Waals surface area contributed by atoms with Crippen molar-refractivity contribution in [3.05, 3.63) is 30.3 Å². The van der Waals surface area contributed by atoms with Gasteiger partial charge in [0, 0.05) is 4.57 Å². The van der Waals surface area contributed by atoms with Gasteiger partial charge in [-0.2, -0.15) is 0 Å². The van der Waals surface area contributed by atoms with Gasteiger partial charge in [0.05, 0.1) is 10.1 Å². The molecule has 0 unspecified atom stereocenters. The molecule has 0 radical (unpaired) electrons. The van der Waals surface area contributed by atoms with Gasteiger partial charge in [0.15, 0.2) is 9.84 Å². The Morgan fingerprint density at radius 2 is 1.50 bits per heavy atom. The van der Waals surface area contributed by atoms with Crippen LogP contribution in [0, 0.1) is 0 Å². The van der Waals surface area contributed by atoms with Crippen LogP contribution in [0.1, 0.15) is 26.7 Å². The Morgan fingerprint density at radius 1 is 1.11 bits per heavy atom. The molecule has 0 amide bonds. The van der Waals surface area contributed by atoms with Crippen LogP contribution in [0.5, 0.6) is 0 Å². The smallest absolute Gasteiger partial charge is 0.223 e. The maximum absolute atomic E-state index is 12.0. The first-order valence-corrected chi connectivity index (χ1v) is 8.21. The summed E-state index contributed by atoms with van der Waals surface area (Å²) >= 11 is 0. The number of sulfone groups is 1. The highest BCUT2D eigenvalue weighted by molar-refractivity contribution is 7.92. The van der Waals surface area contributed by atoms with Gasteiger partial charge >= 0.3 is 8.25 Å². The first-order valence-electron chi connectivity index (χ1n) is 5.50. The lowest BCUT2D eigenvalue weighted by molar-refractivity contribution is 0.405. The fourth-order valence-corrected chi connectivity index (χ4v) is 3.33. The third-order valence-corrected chi connectivity index (χ3v) is 4.89. The topological polar surface area (TPSA) is 91.7 Å². The van der Waals surface area contributed by atoms with E-state index in [1.807, 2.05) is 19.9 Å². The van der Waals surface area contributed by atoms with Crippen molar-refractivity contribution in [3.63, 3.8) is 0 Å². The Balaban J connectivity index is 0.000000631. The number of rotatable bonds is 4. The molecule has 18 heavy (non-hydrogen) atoms. The lowest BCUT2D eigenvalue weighted by Crippen LogP contribution is -2.19. The summed E-state index contributed by atoms with van der Waals surface area (Å²) in [6, 6.07) is 8.66. The molecule has 0 saturated heterocycles. The van der Waals surface area contributed by atoms with Crippen LogP contribution in [0.15, 0.2) is 35.2 Å². The molecule has 102 valence electrons. The van der Waals surface area contributed by atoms with Crippen LogP contribution in [0.25, 0.3) is 0 Å². The highest BCUT2D eigenvalue weighted by Gasteiger charge is 2.23. The highest BCUT2D eigenvalue weighted by Crippen LogP contribution is 2.19. The summed E-state index contributed by atoms with van der Waals surface area (Å²) in [6.45, 7) is 3.82. The van der Waals surface area contributed by atoms with Crippen molar-refractivity contribution in [1.29, 1.82) is 0 Å². The number of hydrogen-bond acceptors (Lipinski definition) is 3. The van der Waals surface area contributed by atoms with Crippen molar-refractivity contribution in [2.75, 3.05) is 0 Å². The van der Waals surface area contributed by atoms with E-state index in [4.69, 9.17) is 14.4 Å². The van der Waals surface area contributed by atoms with Gasteiger partial charge in [0.25, 0.3) is 0 Å². The Morgan fingerprint density at radius 3 is 1.83 bits per heavy atom. The van der Waals surface area contributed by atoms with E-state index in [-0.39, 0.29) is 5.25 Å². The van der Waals surface area contributed by atoms with Crippen molar-refractivity contribution in [1.82, 2.24) is 0 Å². The second-order valence-corrected chi connectivity index (χ2v) is 6.28. The third-order valence-electron chi connectivity index (χ3n) is 2.42. The minimum absolute atomic E-state index is 0.245. The minimum atomic E-state index is -3.10. The average molecular weight is 293 g/mol. The summed E-state index contributed by atoms with van der Waals surface area (Å²) in [7, 11) is -5.97. The van der Waals surface area contributed by atoms with Crippen molar-refractivity contribution < 1.29 is 22.8 Å². The van der Waals surface area contributed by atoms with Crippen molar-refractivity contribution >= 4 is 18.1 Å². The van der Waals surface area contributed by atoms with Crippen LogP contribution in [0.3, 0.4) is 0 Å². The van der Waals surface area contributed by atoms with Gasteiger partial charge in [0.1, 0.15) is 0 Å². The number of benzene rings is 1. The van der Waals surface area contributed by atoms with Crippen LogP contribution in [-0.4, -0.2) is 23.5 Å². The fraction of sp³-hybridized carbons (Fsp3) is 0.455. The third kappa shape index (κ3) is 5.69. The Bertz CT molecular complexity index is 450. The highest BCUT2D eigenvalue weighted by atomic mass is 32.2.